The lowest BCUT2D eigenvalue weighted by molar-refractivity contribution is -0.0747. The third kappa shape index (κ3) is 2.50. The molecule has 2 aliphatic heterocycles. The lowest BCUT2D eigenvalue weighted by atomic mass is 9.70. The smallest absolute Gasteiger partial charge is 0.255 e. The van der Waals surface area contributed by atoms with Crippen LogP contribution >= 0.6 is 0 Å². The first kappa shape index (κ1) is 14.9. The molecule has 3 fully saturated rings. The number of ether oxygens (including phenoxy) is 1. The van der Waals surface area contributed by atoms with Gasteiger partial charge in [-0.3, -0.25) is 9.69 Å². The maximum absolute atomic E-state index is 12.7. The highest BCUT2D eigenvalue weighted by Gasteiger charge is 2.56. The molecule has 3 aliphatic rings. The van der Waals surface area contributed by atoms with Crippen molar-refractivity contribution in [1.82, 2.24) is 15.2 Å². The van der Waals surface area contributed by atoms with E-state index >= 15 is 0 Å². The number of likely N-dealkylation sites (tertiary alicyclic amines) is 1. The quantitative estimate of drug-likeness (QED) is 0.871. The number of pyridine rings is 1. The van der Waals surface area contributed by atoms with E-state index in [0.29, 0.717) is 29.4 Å². The minimum Gasteiger partial charge on any atom is -0.376 e. The summed E-state index contributed by atoms with van der Waals surface area (Å²) in [5.41, 5.74) is 0.609. The molecule has 0 bridgehead atoms. The van der Waals surface area contributed by atoms with Gasteiger partial charge in [-0.1, -0.05) is 0 Å². The van der Waals surface area contributed by atoms with Gasteiger partial charge >= 0.3 is 0 Å². The minimum atomic E-state index is -0.0398. The van der Waals surface area contributed by atoms with E-state index in [0.717, 1.165) is 26.1 Å². The molecule has 2 saturated heterocycles. The van der Waals surface area contributed by atoms with Gasteiger partial charge in [0.05, 0.1) is 23.8 Å². The number of aromatic nitrogens is 1. The second-order valence-corrected chi connectivity index (χ2v) is 6.67. The van der Waals surface area contributed by atoms with Gasteiger partial charge < -0.3 is 15.4 Å². The highest BCUT2D eigenvalue weighted by Crippen LogP contribution is 2.43. The summed E-state index contributed by atoms with van der Waals surface area (Å²) in [5, 5.41) is 6.26. The first-order chi connectivity index (χ1) is 11.3. The summed E-state index contributed by atoms with van der Waals surface area (Å²) in [4.78, 5) is 19.5. The molecule has 0 radical (unpaired) electrons. The molecule has 0 unspecified atom stereocenters. The van der Waals surface area contributed by atoms with Crippen LogP contribution in [0.4, 0.5) is 5.82 Å². The zero-order valence-corrected chi connectivity index (χ0v) is 13.5. The van der Waals surface area contributed by atoms with Gasteiger partial charge in [-0.15, -0.1) is 0 Å². The van der Waals surface area contributed by atoms with Crippen LogP contribution in [0.25, 0.3) is 0 Å². The molecule has 6 nitrogen and oxygen atoms in total. The summed E-state index contributed by atoms with van der Waals surface area (Å²) >= 11 is 0. The predicted molar refractivity (Wildman–Crippen MR) is 87.5 cm³/mol. The van der Waals surface area contributed by atoms with Crippen LogP contribution < -0.4 is 10.6 Å². The number of anilines is 1. The van der Waals surface area contributed by atoms with E-state index < -0.39 is 0 Å². The highest BCUT2D eigenvalue weighted by atomic mass is 16.5. The summed E-state index contributed by atoms with van der Waals surface area (Å²) in [6, 6.07) is 4.15. The summed E-state index contributed by atoms with van der Waals surface area (Å²) in [7, 11) is 1.79. The SMILES string of the molecule is CNc1ncccc1C(=O)N[C@@H]1[C@@H]2CCO[C@@H]2[C@H]1N1CCCC1. The Labute approximate surface area is 136 Å². The van der Waals surface area contributed by atoms with E-state index in [1.54, 1.807) is 19.3 Å². The molecular weight excluding hydrogens is 292 g/mol. The summed E-state index contributed by atoms with van der Waals surface area (Å²) < 4.78 is 5.92. The molecule has 0 spiro atoms. The Morgan fingerprint density at radius 2 is 2.22 bits per heavy atom. The Morgan fingerprint density at radius 1 is 1.39 bits per heavy atom. The van der Waals surface area contributed by atoms with Crippen molar-refractivity contribution in [2.45, 2.75) is 37.5 Å². The summed E-state index contributed by atoms with van der Waals surface area (Å²) in [5.74, 6) is 1.04. The third-order valence-electron chi connectivity index (χ3n) is 5.50. The van der Waals surface area contributed by atoms with Gasteiger partial charge in [-0.25, -0.2) is 4.98 Å². The molecule has 1 aromatic heterocycles. The van der Waals surface area contributed by atoms with Crippen molar-refractivity contribution >= 4 is 11.7 Å². The monoisotopic (exact) mass is 316 g/mol. The Morgan fingerprint density at radius 3 is 3.00 bits per heavy atom. The molecule has 6 heteroatoms. The van der Waals surface area contributed by atoms with Crippen LogP contribution in [-0.2, 0) is 4.74 Å². The number of carbonyl (C=O) groups is 1. The van der Waals surface area contributed by atoms with Crippen LogP contribution in [0.2, 0.25) is 0 Å². The second kappa shape index (κ2) is 6.09. The summed E-state index contributed by atoms with van der Waals surface area (Å²) in [6.45, 7) is 3.07. The Balaban J connectivity index is 1.51. The number of nitrogens with one attached hydrogen (secondary N) is 2. The summed E-state index contributed by atoms with van der Waals surface area (Å²) in [6.07, 6.45) is 5.55. The van der Waals surface area contributed by atoms with Crippen LogP contribution in [0, 0.1) is 5.92 Å². The second-order valence-electron chi connectivity index (χ2n) is 6.67. The molecular formula is C17H24N4O2. The van der Waals surface area contributed by atoms with Crippen molar-refractivity contribution in [1.29, 1.82) is 0 Å². The lowest BCUT2D eigenvalue weighted by Crippen LogP contribution is -2.70. The van der Waals surface area contributed by atoms with E-state index in [2.05, 4.69) is 20.5 Å². The number of carbonyl (C=O) groups excluding carboxylic acids is 1. The van der Waals surface area contributed by atoms with Gasteiger partial charge in [0.15, 0.2) is 0 Å². The van der Waals surface area contributed by atoms with Crippen molar-refractivity contribution in [2.24, 2.45) is 5.92 Å². The van der Waals surface area contributed by atoms with Crippen molar-refractivity contribution in [3.05, 3.63) is 23.9 Å². The standard InChI is InChI=1S/C17H24N4O2/c1-18-16-12(5-4-7-19-16)17(22)20-13-11-6-10-23-15(11)14(13)21-8-2-3-9-21/h4-5,7,11,13-15H,2-3,6,8-10H2,1H3,(H,18,19)(H,20,22)/t11-,13+,14-,15-/m0/s1. The highest BCUT2D eigenvalue weighted by molar-refractivity contribution is 5.99. The van der Waals surface area contributed by atoms with Gasteiger partial charge in [-0.05, 0) is 44.5 Å². The zero-order valence-electron chi connectivity index (χ0n) is 13.5. The van der Waals surface area contributed by atoms with Crippen LogP contribution in [0.15, 0.2) is 18.3 Å². The fourth-order valence-electron chi connectivity index (χ4n) is 4.36. The van der Waals surface area contributed by atoms with Crippen molar-refractivity contribution in [2.75, 3.05) is 32.1 Å². The number of hydrogen-bond acceptors (Lipinski definition) is 5. The fraction of sp³-hybridized carbons (Fsp3) is 0.647. The Hall–Kier alpha value is -1.66. The molecule has 1 aliphatic carbocycles. The first-order valence-corrected chi connectivity index (χ1v) is 8.59. The van der Waals surface area contributed by atoms with Crippen molar-refractivity contribution < 1.29 is 9.53 Å². The van der Waals surface area contributed by atoms with Crippen LogP contribution in [0.5, 0.6) is 0 Å². The molecule has 0 aromatic carbocycles. The Bertz CT molecular complexity index is 583. The molecule has 124 valence electrons. The lowest BCUT2D eigenvalue weighted by Gasteiger charge is -2.51. The third-order valence-corrected chi connectivity index (χ3v) is 5.50. The normalized spacial score (nSPS) is 33.1. The maximum Gasteiger partial charge on any atom is 0.255 e. The minimum absolute atomic E-state index is 0.0398. The number of amides is 1. The molecule has 2 N–H and O–H groups in total. The molecule has 23 heavy (non-hydrogen) atoms. The average Bonchev–Trinajstić information content (AvgIpc) is 3.23. The molecule has 1 saturated carbocycles. The number of rotatable bonds is 4. The van der Waals surface area contributed by atoms with E-state index in [4.69, 9.17) is 4.74 Å². The van der Waals surface area contributed by atoms with Gasteiger partial charge in [0.2, 0.25) is 0 Å². The van der Waals surface area contributed by atoms with Crippen molar-refractivity contribution in [3.63, 3.8) is 0 Å². The van der Waals surface area contributed by atoms with Crippen LogP contribution in [0.1, 0.15) is 29.6 Å². The topological polar surface area (TPSA) is 66.5 Å². The molecule has 3 heterocycles. The molecule has 1 amide bonds. The van der Waals surface area contributed by atoms with Gasteiger partial charge in [-0.2, -0.15) is 0 Å². The largest absolute Gasteiger partial charge is 0.376 e. The van der Waals surface area contributed by atoms with Gasteiger partial charge in [0.25, 0.3) is 5.91 Å². The van der Waals surface area contributed by atoms with Gasteiger partial charge in [0, 0.05) is 25.8 Å². The van der Waals surface area contributed by atoms with E-state index in [9.17, 15) is 4.79 Å². The number of nitrogens with zero attached hydrogens (tertiary/aromatic N) is 2. The van der Waals surface area contributed by atoms with E-state index in [1.165, 1.54) is 12.8 Å². The number of hydrogen-bond donors (Lipinski definition) is 2. The van der Waals surface area contributed by atoms with Gasteiger partial charge in [0.1, 0.15) is 5.82 Å². The molecule has 1 aromatic rings. The zero-order chi connectivity index (χ0) is 15.8. The van der Waals surface area contributed by atoms with Crippen LogP contribution in [0.3, 0.4) is 0 Å². The van der Waals surface area contributed by atoms with Crippen molar-refractivity contribution in [3.8, 4) is 0 Å². The fourth-order valence-corrected chi connectivity index (χ4v) is 4.36. The van der Waals surface area contributed by atoms with E-state index in [1.807, 2.05) is 6.07 Å². The maximum atomic E-state index is 12.7. The predicted octanol–water partition coefficient (Wildman–Crippen LogP) is 1.10. The molecule has 4 rings (SSSR count). The average molecular weight is 316 g/mol. The number of fused-ring (bicyclic) bond motifs is 1. The van der Waals surface area contributed by atoms with Crippen LogP contribution in [-0.4, -0.2) is 60.7 Å². The molecule has 4 atom stereocenters. The first-order valence-electron chi connectivity index (χ1n) is 8.59. The Kier molecular flexibility index (Phi) is 3.95. The van der Waals surface area contributed by atoms with E-state index in [-0.39, 0.29) is 11.9 Å².